The van der Waals surface area contributed by atoms with Gasteiger partial charge < -0.3 is 15.4 Å². The molecule has 0 aromatic carbocycles. The van der Waals surface area contributed by atoms with Gasteiger partial charge in [-0.2, -0.15) is 0 Å². The standard InChI is InChI=1S/C13H14N4O3/c18-12(10-4-3-9(8-17-10)13(19)20)16-5-1-2-11-14-6-7-15-11/h3-4,6-8H,1-2,5H2,(H,14,15)(H,16,18)(H,19,20). The van der Waals surface area contributed by atoms with Crippen LogP contribution in [0.15, 0.2) is 30.7 Å². The van der Waals surface area contributed by atoms with Gasteiger partial charge in [0.05, 0.1) is 5.56 Å². The van der Waals surface area contributed by atoms with E-state index in [1.165, 1.54) is 18.3 Å². The summed E-state index contributed by atoms with van der Waals surface area (Å²) in [5, 5.41) is 11.4. The minimum absolute atomic E-state index is 0.0550. The van der Waals surface area contributed by atoms with Gasteiger partial charge in [0.25, 0.3) is 5.91 Å². The highest BCUT2D eigenvalue weighted by molar-refractivity contribution is 5.93. The molecular formula is C13H14N4O3. The van der Waals surface area contributed by atoms with E-state index in [-0.39, 0.29) is 17.2 Å². The van der Waals surface area contributed by atoms with Crippen LogP contribution in [0.5, 0.6) is 0 Å². The molecule has 0 unspecified atom stereocenters. The maximum atomic E-state index is 11.7. The van der Waals surface area contributed by atoms with Gasteiger partial charge in [-0.25, -0.2) is 9.78 Å². The highest BCUT2D eigenvalue weighted by atomic mass is 16.4. The van der Waals surface area contributed by atoms with Gasteiger partial charge >= 0.3 is 5.97 Å². The van der Waals surface area contributed by atoms with Crippen molar-refractivity contribution >= 4 is 11.9 Å². The minimum atomic E-state index is -1.07. The fourth-order valence-corrected chi connectivity index (χ4v) is 1.64. The quantitative estimate of drug-likeness (QED) is 0.677. The first-order valence-electron chi connectivity index (χ1n) is 6.12. The van der Waals surface area contributed by atoms with Crippen molar-refractivity contribution in [2.24, 2.45) is 0 Å². The number of carbonyl (C=O) groups excluding carboxylic acids is 1. The van der Waals surface area contributed by atoms with Crippen molar-refractivity contribution < 1.29 is 14.7 Å². The first kappa shape index (κ1) is 13.7. The lowest BCUT2D eigenvalue weighted by Gasteiger charge is -2.04. The van der Waals surface area contributed by atoms with Crippen molar-refractivity contribution in [2.75, 3.05) is 6.54 Å². The van der Waals surface area contributed by atoms with Gasteiger partial charge in [-0.15, -0.1) is 0 Å². The monoisotopic (exact) mass is 274 g/mol. The number of nitrogens with zero attached hydrogens (tertiary/aromatic N) is 2. The molecule has 0 saturated heterocycles. The molecule has 0 spiro atoms. The van der Waals surface area contributed by atoms with Crippen LogP contribution in [-0.2, 0) is 6.42 Å². The van der Waals surface area contributed by atoms with Gasteiger partial charge in [0, 0.05) is 31.6 Å². The van der Waals surface area contributed by atoms with Gasteiger partial charge in [-0.05, 0) is 18.6 Å². The molecule has 7 nitrogen and oxygen atoms in total. The van der Waals surface area contributed by atoms with E-state index in [1.54, 1.807) is 12.4 Å². The number of hydrogen-bond acceptors (Lipinski definition) is 4. The molecule has 2 aromatic rings. The topological polar surface area (TPSA) is 108 Å². The van der Waals surface area contributed by atoms with Crippen LogP contribution in [0, 0.1) is 0 Å². The number of aromatic nitrogens is 3. The second-order valence-electron chi connectivity index (χ2n) is 4.13. The molecule has 0 atom stereocenters. The smallest absolute Gasteiger partial charge is 0.337 e. The number of carboxylic acids is 1. The second kappa shape index (κ2) is 6.46. The van der Waals surface area contributed by atoms with Crippen LogP contribution in [0.25, 0.3) is 0 Å². The van der Waals surface area contributed by atoms with Crippen LogP contribution >= 0.6 is 0 Å². The van der Waals surface area contributed by atoms with E-state index in [4.69, 9.17) is 5.11 Å². The van der Waals surface area contributed by atoms with Crippen molar-refractivity contribution in [3.05, 3.63) is 47.8 Å². The first-order chi connectivity index (χ1) is 9.66. The summed E-state index contributed by atoms with van der Waals surface area (Å²) in [5.74, 6) is -0.507. The number of aromatic amines is 1. The number of imidazole rings is 1. The Morgan fingerprint density at radius 2 is 2.15 bits per heavy atom. The fraction of sp³-hybridized carbons (Fsp3) is 0.231. The normalized spacial score (nSPS) is 10.2. The van der Waals surface area contributed by atoms with Crippen LogP contribution in [0.2, 0.25) is 0 Å². The molecule has 0 bridgehead atoms. The van der Waals surface area contributed by atoms with Gasteiger partial charge in [0.15, 0.2) is 0 Å². The van der Waals surface area contributed by atoms with Crippen LogP contribution in [0.4, 0.5) is 0 Å². The number of nitrogens with one attached hydrogen (secondary N) is 2. The van der Waals surface area contributed by atoms with E-state index in [0.29, 0.717) is 6.54 Å². The lowest BCUT2D eigenvalue weighted by molar-refractivity contribution is 0.0695. The number of amides is 1. The maximum absolute atomic E-state index is 11.7. The lowest BCUT2D eigenvalue weighted by Crippen LogP contribution is -2.25. The van der Waals surface area contributed by atoms with Crippen molar-refractivity contribution in [1.82, 2.24) is 20.3 Å². The molecule has 0 saturated carbocycles. The Morgan fingerprint density at radius 1 is 1.30 bits per heavy atom. The molecule has 104 valence electrons. The average molecular weight is 274 g/mol. The van der Waals surface area contributed by atoms with E-state index in [0.717, 1.165) is 18.7 Å². The summed E-state index contributed by atoms with van der Waals surface area (Å²) in [6, 6.07) is 2.75. The number of hydrogen-bond donors (Lipinski definition) is 3. The second-order valence-corrected chi connectivity index (χ2v) is 4.13. The SMILES string of the molecule is O=C(O)c1ccc(C(=O)NCCCc2ncc[nH]2)nc1. The number of rotatable bonds is 6. The third-order valence-electron chi connectivity index (χ3n) is 2.67. The Kier molecular flexibility index (Phi) is 4.43. The van der Waals surface area contributed by atoms with E-state index >= 15 is 0 Å². The van der Waals surface area contributed by atoms with E-state index < -0.39 is 5.97 Å². The van der Waals surface area contributed by atoms with Gasteiger partial charge in [-0.3, -0.25) is 9.78 Å². The molecule has 2 heterocycles. The number of aromatic carboxylic acids is 1. The molecule has 0 aliphatic rings. The molecular weight excluding hydrogens is 260 g/mol. The Hall–Kier alpha value is -2.70. The molecule has 2 rings (SSSR count). The number of carbonyl (C=O) groups is 2. The molecule has 20 heavy (non-hydrogen) atoms. The number of aryl methyl sites for hydroxylation is 1. The molecule has 0 aliphatic heterocycles. The molecule has 0 radical (unpaired) electrons. The van der Waals surface area contributed by atoms with Crippen LogP contribution in [-0.4, -0.2) is 38.5 Å². The largest absolute Gasteiger partial charge is 0.478 e. The summed E-state index contributed by atoms with van der Waals surface area (Å²) in [4.78, 5) is 33.3. The van der Waals surface area contributed by atoms with Crippen molar-refractivity contribution in [3.8, 4) is 0 Å². The predicted molar refractivity (Wildman–Crippen MR) is 70.4 cm³/mol. The van der Waals surface area contributed by atoms with Crippen LogP contribution < -0.4 is 5.32 Å². The minimum Gasteiger partial charge on any atom is -0.478 e. The molecule has 7 heteroatoms. The zero-order valence-corrected chi connectivity index (χ0v) is 10.7. The van der Waals surface area contributed by atoms with E-state index in [9.17, 15) is 9.59 Å². The van der Waals surface area contributed by atoms with Gasteiger partial charge in [-0.1, -0.05) is 0 Å². The molecule has 3 N–H and O–H groups in total. The van der Waals surface area contributed by atoms with E-state index in [2.05, 4.69) is 20.3 Å². The summed E-state index contributed by atoms with van der Waals surface area (Å²) >= 11 is 0. The number of H-pyrrole nitrogens is 1. The fourth-order valence-electron chi connectivity index (χ4n) is 1.64. The maximum Gasteiger partial charge on any atom is 0.337 e. The molecule has 2 aromatic heterocycles. The van der Waals surface area contributed by atoms with Crippen molar-refractivity contribution in [2.45, 2.75) is 12.8 Å². The van der Waals surface area contributed by atoms with Crippen molar-refractivity contribution in [1.29, 1.82) is 0 Å². The van der Waals surface area contributed by atoms with Crippen LogP contribution in [0.3, 0.4) is 0 Å². The van der Waals surface area contributed by atoms with Crippen molar-refractivity contribution in [3.63, 3.8) is 0 Å². The Balaban J connectivity index is 1.78. The zero-order valence-electron chi connectivity index (χ0n) is 10.7. The van der Waals surface area contributed by atoms with Gasteiger partial charge in [0.1, 0.15) is 11.5 Å². The molecule has 1 amide bonds. The molecule has 0 aliphatic carbocycles. The average Bonchev–Trinajstić information content (AvgIpc) is 2.96. The van der Waals surface area contributed by atoms with E-state index in [1.807, 2.05) is 0 Å². The Bertz CT molecular complexity index is 578. The Labute approximate surface area is 115 Å². The zero-order chi connectivity index (χ0) is 14.4. The van der Waals surface area contributed by atoms with Gasteiger partial charge in [0.2, 0.25) is 0 Å². The van der Waals surface area contributed by atoms with Crippen LogP contribution in [0.1, 0.15) is 33.1 Å². The summed E-state index contributed by atoms with van der Waals surface area (Å²) in [7, 11) is 0. The first-order valence-corrected chi connectivity index (χ1v) is 6.12. The third kappa shape index (κ3) is 3.64. The lowest BCUT2D eigenvalue weighted by atomic mass is 10.2. The number of pyridine rings is 1. The summed E-state index contributed by atoms with van der Waals surface area (Å²) < 4.78 is 0. The summed E-state index contributed by atoms with van der Waals surface area (Å²) in [6.45, 7) is 0.502. The molecule has 0 fully saturated rings. The number of carboxylic acid groups (broad SMARTS) is 1. The third-order valence-corrected chi connectivity index (χ3v) is 2.67. The Morgan fingerprint density at radius 3 is 2.75 bits per heavy atom. The summed E-state index contributed by atoms with van der Waals surface area (Å²) in [5.41, 5.74) is 0.257. The highest BCUT2D eigenvalue weighted by Gasteiger charge is 2.08. The summed E-state index contributed by atoms with van der Waals surface area (Å²) in [6.07, 6.45) is 6.11. The highest BCUT2D eigenvalue weighted by Crippen LogP contribution is 2.00. The predicted octanol–water partition coefficient (Wildman–Crippen LogP) is 0.865.